The van der Waals surface area contributed by atoms with Gasteiger partial charge in [-0.3, -0.25) is 9.52 Å². The summed E-state index contributed by atoms with van der Waals surface area (Å²) >= 11 is 0. The highest BCUT2D eigenvalue weighted by Gasteiger charge is 2.33. The zero-order valence-electron chi connectivity index (χ0n) is 16.6. The lowest BCUT2D eigenvalue weighted by atomic mass is 10.0. The summed E-state index contributed by atoms with van der Waals surface area (Å²) < 4.78 is 33.7. The van der Waals surface area contributed by atoms with E-state index in [0.29, 0.717) is 29.1 Å². The lowest BCUT2D eigenvalue weighted by Crippen LogP contribution is -2.23. The van der Waals surface area contributed by atoms with Gasteiger partial charge in [-0.2, -0.15) is 5.10 Å². The standard InChI is InChI=1S/C22H21N3O4S/c1-15-7-3-4-11-22(15)30(27,28)24-18-9-5-8-17(13-18)19-14-20(21-10-6-12-29-21)25(23-19)16(2)26/h3-13,20,24H,14H2,1-2H3. The fourth-order valence-corrected chi connectivity index (χ4v) is 4.80. The minimum Gasteiger partial charge on any atom is -0.467 e. The average molecular weight is 423 g/mol. The number of carbonyl (C=O) groups excluding carboxylic acids is 1. The van der Waals surface area contributed by atoms with E-state index in [-0.39, 0.29) is 16.8 Å². The van der Waals surface area contributed by atoms with Crippen LogP contribution in [0.2, 0.25) is 0 Å². The van der Waals surface area contributed by atoms with Gasteiger partial charge in [-0.15, -0.1) is 0 Å². The molecule has 4 rings (SSSR count). The van der Waals surface area contributed by atoms with Crippen LogP contribution in [0.5, 0.6) is 0 Å². The number of carbonyl (C=O) groups is 1. The minimum atomic E-state index is -3.72. The molecule has 0 saturated carbocycles. The third-order valence-electron chi connectivity index (χ3n) is 4.94. The Kier molecular flexibility index (Phi) is 5.17. The molecule has 7 nitrogen and oxygen atoms in total. The van der Waals surface area contributed by atoms with Crippen LogP contribution in [-0.4, -0.2) is 25.0 Å². The predicted molar refractivity (Wildman–Crippen MR) is 114 cm³/mol. The zero-order chi connectivity index (χ0) is 21.3. The number of nitrogens with one attached hydrogen (secondary N) is 1. The molecule has 1 aliphatic heterocycles. The first-order valence-corrected chi connectivity index (χ1v) is 10.9. The lowest BCUT2D eigenvalue weighted by Gasteiger charge is -2.17. The van der Waals surface area contributed by atoms with Crippen LogP contribution in [0.25, 0.3) is 0 Å². The quantitative estimate of drug-likeness (QED) is 0.669. The summed E-state index contributed by atoms with van der Waals surface area (Å²) in [7, 11) is -3.72. The monoisotopic (exact) mass is 423 g/mol. The first-order valence-electron chi connectivity index (χ1n) is 9.45. The summed E-state index contributed by atoms with van der Waals surface area (Å²) in [6, 6.07) is 17.1. The van der Waals surface area contributed by atoms with Crippen molar-refractivity contribution in [2.24, 2.45) is 5.10 Å². The Morgan fingerprint density at radius 2 is 1.93 bits per heavy atom. The Hall–Kier alpha value is -3.39. The molecular weight excluding hydrogens is 402 g/mol. The lowest BCUT2D eigenvalue weighted by molar-refractivity contribution is -0.130. The number of furan rings is 1. The predicted octanol–water partition coefficient (Wildman–Crippen LogP) is 4.09. The van der Waals surface area contributed by atoms with E-state index in [0.717, 1.165) is 5.56 Å². The average Bonchev–Trinajstić information content (AvgIpc) is 3.38. The summed E-state index contributed by atoms with van der Waals surface area (Å²) in [6.07, 6.45) is 2.04. The second kappa shape index (κ2) is 7.79. The van der Waals surface area contributed by atoms with Crippen molar-refractivity contribution < 1.29 is 17.6 Å². The first kappa shape index (κ1) is 19.9. The largest absolute Gasteiger partial charge is 0.467 e. The Balaban J connectivity index is 1.62. The molecule has 1 N–H and O–H groups in total. The number of nitrogens with zero attached hydrogens (tertiary/aromatic N) is 2. The van der Waals surface area contributed by atoms with E-state index in [1.54, 1.807) is 61.7 Å². The summed E-state index contributed by atoms with van der Waals surface area (Å²) in [5.74, 6) is 0.461. The topological polar surface area (TPSA) is 92.0 Å². The third-order valence-corrected chi connectivity index (χ3v) is 6.48. The number of rotatable bonds is 5. The SMILES string of the molecule is CC(=O)N1N=C(c2cccc(NS(=O)(=O)c3ccccc3C)c2)CC1c1ccco1. The Morgan fingerprint density at radius 1 is 1.13 bits per heavy atom. The molecule has 0 radical (unpaired) electrons. The maximum Gasteiger partial charge on any atom is 0.262 e. The molecule has 154 valence electrons. The van der Waals surface area contributed by atoms with E-state index in [9.17, 15) is 13.2 Å². The summed E-state index contributed by atoms with van der Waals surface area (Å²) in [5.41, 5.74) is 2.51. The van der Waals surface area contributed by atoms with Crippen molar-refractivity contribution in [1.82, 2.24) is 5.01 Å². The van der Waals surface area contributed by atoms with Crippen LogP contribution >= 0.6 is 0 Å². The number of hydrogen-bond donors (Lipinski definition) is 1. The fourth-order valence-electron chi connectivity index (χ4n) is 3.51. The van der Waals surface area contributed by atoms with Gasteiger partial charge in [0.15, 0.2) is 0 Å². The van der Waals surface area contributed by atoms with Gasteiger partial charge in [0.1, 0.15) is 11.8 Å². The van der Waals surface area contributed by atoms with Crippen molar-refractivity contribution in [1.29, 1.82) is 0 Å². The molecule has 30 heavy (non-hydrogen) atoms. The first-order chi connectivity index (χ1) is 14.3. The molecule has 0 saturated heterocycles. The zero-order valence-corrected chi connectivity index (χ0v) is 17.4. The van der Waals surface area contributed by atoms with Gasteiger partial charge in [0.25, 0.3) is 10.0 Å². The van der Waals surface area contributed by atoms with Gasteiger partial charge in [-0.25, -0.2) is 13.4 Å². The van der Waals surface area contributed by atoms with Crippen LogP contribution in [0, 0.1) is 6.92 Å². The van der Waals surface area contributed by atoms with Crippen LogP contribution in [0.1, 0.15) is 36.3 Å². The molecule has 1 aromatic heterocycles. The molecule has 1 unspecified atom stereocenters. The normalized spacial score (nSPS) is 16.4. The molecule has 1 aliphatic rings. The summed E-state index contributed by atoms with van der Waals surface area (Å²) in [4.78, 5) is 12.3. The molecule has 0 spiro atoms. The second-order valence-corrected chi connectivity index (χ2v) is 8.75. The minimum absolute atomic E-state index is 0.192. The van der Waals surface area contributed by atoms with E-state index >= 15 is 0 Å². The van der Waals surface area contributed by atoms with Gasteiger partial charge in [-0.05, 0) is 48.4 Å². The number of anilines is 1. The molecule has 0 bridgehead atoms. The van der Waals surface area contributed by atoms with E-state index < -0.39 is 10.0 Å². The molecule has 2 aromatic carbocycles. The highest BCUT2D eigenvalue weighted by molar-refractivity contribution is 7.92. The third kappa shape index (κ3) is 3.86. The van der Waals surface area contributed by atoms with Gasteiger partial charge in [-0.1, -0.05) is 30.3 Å². The van der Waals surface area contributed by atoms with Crippen LogP contribution in [-0.2, 0) is 14.8 Å². The Bertz CT molecular complexity index is 1220. The highest BCUT2D eigenvalue weighted by atomic mass is 32.2. The van der Waals surface area contributed by atoms with Gasteiger partial charge >= 0.3 is 0 Å². The van der Waals surface area contributed by atoms with Crippen molar-refractivity contribution in [2.45, 2.75) is 31.2 Å². The highest BCUT2D eigenvalue weighted by Crippen LogP contribution is 2.33. The van der Waals surface area contributed by atoms with Crippen molar-refractivity contribution in [3.63, 3.8) is 0 Å². The molecule has 1 amide bonds. The van der Waals surface area contributed by atoms with Gasteiger partial charge in [0.05, 0.1) is 16.9 Å². The number of aryl methyl sites for hydroxylation is 1. The Morgan fingerprint density at radius 3 is 2.63 bits per heavy atom. The van der Waals surface area contributed by atoms with E-state index in [1.807, 2.05) is 12.1 Å². The number of hydrogen-bond acceptors (Lipinski definition) is 5. The van der Waals surface area contributed by atoms with Gasteiger partial charge in [0, 0.05) is 19.0 Å². The molecule has 3 aromatic rings. The van der Waals surface area contributed by atoms with E-state index in [4.69, 9.17) is 4.42 Å². The number of benzene rings is 2. The smallest absolute Gasteiger partial charge is 0.262 e. The molecule has 0 fully saturated rings. The molecular formula is C22H21N3O4S. The summed E-state index contributed by atoms with van der Waals surface area (Å²) in [6.45, 7) is 3.21. The van der Waals surface area contributed by atoms with Gasteiger partial charge in [0.2, 0.25) is 5.91 Å². The number of amides is 1. The van der Waals surface area contributed by atoms with Crippen molar-refractivity contribution in [3.05, 3.63) is 83.8 Å². The van der Waals surface area contributed by atoms with Crippen molar-refractivity contribution in [2.75, 3.05) is 4.72 Å². The molecule has 1 atom stereocenters. The van der Waals surface area contributed by atoms with Crippen LogP contribution in [0.15, 0.2) is 81.3 Å². The number of sulfonamides is 1. The van der Waals surface area contributed by atoms with E-state index in [1.165, 1.54) is 11.9 Å². The van der Waals surface area contributed by atoms with Crippen molar-refractivity contribution >= 4 is 27.3 Å². The van der Waals surface area contributed by atoms with Crippen molar-refractivity contribution in [3.8, 4) is 0 Å². The molecule has 0 aliphatic carbocycles. The number of hydrazone groups is 1. The summed E-state index contributed by atoms with van der Waals surface area (Å²) in [5, 5.41) is 5.87. The second-order valence-electron chi connectivity index (χ2n) is 7.10. The van der Waals surface area contributed by atoms with Crippen LogP contribution in [0.4, 0.5) is 5.69 Å². The maximum absolute atomic E-state index is 12.8. The molecule has 8 heteroatoms. The maximum atomic E-state index is 12.8. The van der Waals surface area contributed by atoms with E-state index in [2.05, 4.69) is 9.82 Å². The molecule has 2 heterocycles. The van der Waals surface area contributed by atoms with Crippen LogP contribution < -0.4 is 4.72 Å². The fraction of sp³-hybridized carbons (Fsp3) is 0.182. The van der Waals surface area contributed by atoms with Gasteiger partial charge < -0.3 is 4.42 Å². The Labute approximate surface area is 175 Å². The van der Waals surface area contributed by atoms with Crippen LogP contribution in [0.3, 0.4) is 0 Å².